The minimum absolute atomic E-state index is 0.154. The minimum Gasteiger partial charge on any atom is -0.336 e. The van der Waals surface area contributed by atoms with E-state index in [0.717, 1.165) is 0 Å². The summed E-state index contributed by atoms with van der Waals surface area (Å²) in [6, 6.07) is 6.98. The number of amides is 1. The van der Waals surface area contributed by atoms with Crippen LogP contribution in [0.4, 0.5) is 5.69 Å². The summed E-state index contributed by atoms with van der Waals surface area (Å²) in [5, 5.41) is 11.7. The standard InChI is InChI=1S/C12H14ClN5OS/c1-2-10-16-17-12(18(10)14)20-7-11(19)15-9-5-3-4-8(13)6-9/h3-6H,2,7,14H2,1H3,(H,15,19). The average Bonchev–Trinajstić information content (AvgIpc) is 2.77. The van der Waals surface area contributed by atoms with Gasteiger partial charge in [-0.2, -0.15) is 0 Å². The number of benzene rings is 1. The van der Waals surface area contributed by atoms with Gasteiger partial charge in [-0.1, -0.05) is 36.4 Å². The lowest BCUT2D eigenvalue weighted by atomic mass is 10.3. The van der Waals surface area contributed by atoms with Crippen LogP contribution in [0.3, 0.4) is 0 Å². The molecular weight excluding hydrogens is 298 g/mol. The third kappa shape index (κ3) is 3.64. The van der Waals surface area contributed by atoms with Gasteiger partial charge < -0.3 is 11.2 Å². The fourth-order valence-electron chi connectivity index (χ4n) is 1.54. The molecule has 1 aromatic heterocycles. The van der Waals surface area contributed by atoms with Crippen LogP contribution in [0, 0.1) is 0 Å². The van der Waals surface area contributed by atoms with Crippen molar-refractivity contribution in [1.29, 1.82) is 0 Å². The Bertz CT molecular complexity index is 616. The Kier molecular flexibility index (Phi) is 4.86. The molecule has 0 aliphatic heterocycles. The number of carbonyl (C=O) groups is 1. The predicted octanol–water partition coefficient (Wildman–Crippen LogP) is 1.94. The van der Waals surface area contributed by atoms with Gasteiger partial charge in [0.2, 0.25) is 11.1 Å². The normalized spacial score (nSPS) is 10.5. The van der Waals surface area contributed by atoms with Crippen LogP contribution in [0.2, 0.25) is 5.02 Å². The Morgan fingerprint density at radius 3 is 2.95 bits per heavy atom. The second kappa shape index (κ2) is 6.62. The highest BCUT2D eigenvalue weighted by Gasteiger charge is 2.11. The number of nitrogens with zero attached hydrogens (tertiary/aromatic N) is 3. The topological polar surface area (TPSA) is 85.8 Å². The van der Waals surface area contributed by atoms with Crippen LogP contribution >= 0.6 is 23.4 Å². The molecule has 106 valence electrons. The van der Waals surface area contributed by atoms with Crippen molar-refractivity contribution in [3.8, 4) is 0 Å². The van der Waals surface area contributed by atoms with Gasteiger partial charge in [0.15, 0.2) is 5.82 Å². The summed E-state index contributed by atoms with van der Waals surface area (Å²) in [7, 11) is 0. The lowest BCUT2D eigenvalue weighted by Gasteiger charge is -2.05. The molecule has 0 saturated carbocycles. The molecule has 0 atom stereocenters. The number of hydrogen-bond donors (Lipinski definition) is 2. The molecule has 0 bridgehead atoms. The van der Waals surface area contributed by atoms with Gasteiger partial charge in [0.1, 0.15) is 0 Å². The Labute approximate surface area is 125 Å². The monoisotopic (exact) mass is 311 g/mol. The minimum atomic E-state index is -0.154. The first-order valence-corrected chi connectivity index (χ1v) is 7.34. The number of aromatic nitrogens is 3. The third-order valence-electron chi connectivity index (χ3n) is 2.49. The highest BCUT2D eigenvalue weighted by atomic mass is 35.5. The van der Waals surface area contributed by atoms with Gasteiger partial charge in [-0.15, -0.1) is 10.2 Å². The first kappa shape index (κ1) is 14.7. The van der Waals surface area contributed by atoms with E-state index in [4.69, 9.17) is 17.4 Å². The van der Waals surface area contributed by atoms with Crippen LogP contribution in [-0.4, -0.2) is 26.5 Å². The molecule has 2 rings (SSSR count). The summed E-state index contributed by atoms with van der Waals surface area (Å²) in [6.07, 6.45) is 0.693. The summed E-state index contributed by atoms with van der Waals surface area (Å²) in [5.74, 6) is 6.52. The van der Waals surface area contributed by atoms with Gasteiger partial charge >= 0.3 is 0 Å². The van der Waals surface area contributed by atoms with E-state index in [1.807, 2.05) is 6.92 Å². The highest BCUT2D eigenvalue weighted by Crippen LogP contribution is 2.17. The number of hydrogen-bond acceptors (Lipinski definition) is 5. The molecule has 0 spiro atoms. The Morgan fingerprint density at radius 1 is 1.50 bits per heavy atom. The van der Waals surface area contributed by atoms with Crippen molar-refractivity contribution < 1.29 is 4.79 Å². The van der Waals surface area contributed by atoms with Crippen molar-refractivity contribution in [3.05, 3.63) is 35.1 Å². The van der Waals surface area contributed by atoms with Crippen LogP contribution in [-0.2, 0) is 11.2 Å². The largest absolute Gasteiger partial charge is 0.336 e. The van der Waals surface area contributed by atoms with Crippen molar-refractivity contribution >= 4 is 35.0 Å². The maximum absolute atomic E-state index is 11.8. The maximum atomic E-state index is 11.8. The molecule has 3 N–H and O–H groups in total. The predicted molar refractivity (Wildman–Crippen MR) is 80.4 cm³/mol. The molecule has 0 unspecified atom stereocenters. The van der Waals surface area contributed by atoms with Crippen molar-refractivity contribution in [2.24, 2.45) is 0 Å². The highest BCUT2D eigenvalue weighted by molar-refractivity contribution is 7.99. The van der Waals surface area contributed by atoms with Crippen LogP contribution in [0.25, 0.3) is 0 Å². The van der Waals surface area contributed by atoms with Crippen molar-refractivity contribution in [2.75, 3.05) is 16.9 Å². The third-order valence-corrected chi connectivity index (χ3v) is 3.67. The number of halogens is 1. The maximum Gasteiger partial charge on any atom is 0.234 e. The first-order chi connectivity index (χ1) is 9.60. The van der Waals surface area contributed by atoms with Gasteiger partial charge in [0.05, 0.1) is 5.75 Å². The van der Waals surface area contributed by atoms with Gasteiger partial charge in [0, 0.05) is 17.1 Å². The molecule has 8 heteroatoms. The van der Waals surface area contributed by atoms with E-state index in [-0.39, 0.29) is 11.7 Å². The molecule has 1 amide bonds. The SMILES string of the molecule is CCc1nnc(SCC(=O)Nc2cccc(Cl)c2)n1N. The number of anilines is 1. The lowest BCUT2D eigenvalue weighted by Crippen LogP contribution is -2.17. The molecule has 0 aliphatic carbocycles. The van der Waals surface area contributed by atoms with Gasteiger partial charge in [-0.25, -0.2) is 4.68 Å². The van der Waals surface area contributed by atoms with E-state index < -0.39 is 0 Å². The average molecular weight is 312 g/mol. The Balaban J connectivity index is 1.90. The zero-order chi connectivity index (χ0) is 14.5. The Hall–Kier alpha value is -1.73. The second-order valence-corrected chi connectivity index (χ2v) is 5.35. The number of carbonyl (C=O) groups excluding carboxylic acids is 1. The molecule has 1 aromatic carbocycles. The number of aryl methyl sites for hydroxylation is 1. The van der Waals surface area contributed by atoms with Crippen LogP contribution in [0.1, 0.15) is 12.7 Å². The molecule has 0 radical (unpaired) electrons. The summed E-state index contributed by atoms with van der Waals surface area (Å²) in [5.41, 5.74) is 0.659. The van der Waals surface area contributed by atoms with Gasteiger partial charge in [0.25, 0.3) is 0 Å². The second-order valence-electron chi connectivity index (χ2n) is 3.97. The number of rotatable bonds is 5. The van der Waals surface area contributed by atoms with Crippen molar-refractivity contribution in [1.82, 2.24) is 14.9 Å². The molecule has 0 aliphatic rings. The summed E-state index contributed by atoms with van der Waals surface area (Å²) in [6.45, 7) is 1.94. The number of nitrogens with two attached hydrogens (primary N) is 1. The van der Waals surface area contributed by atoms with E-state index in [2.05, 4.69) is 15.5 Å². The molecular formula is C12H14ClN5OS. The van der Waals surface area contributed by atoms with E-state index >= 15 is 0 Å². The quantitative estimate of drug-likeness (QED) is 0.651. The van der Waals surface area contributed by atoms with E-state index in [0.29, 0.717) is 28.1 Å². The number of thioether (sulfide) groups is 1. The van der Waals surface area contributed by atoms with Crippen LogP contribution in [0.15, 0.2) is 29.4 Å². The molecule has 6 nitrogen and oxygen atoms in total. The molecule has 0 saturated heterocycles. The van der Waals surface area contributed by atoms with E-state index in [9.17, 15) is 4.79 Å². The summed E-state index contributed by atoms with van der Waals surface area (Å²) in [4.78, 5) is 11.8. The summed E-state index contributed by atoms with van der Waals surface area (Å²) >= 11 is 7.08. The van der Waals surface area contributed by atoms with Crippen LogP contribution in [0.5, 0.6) is 0 Å². The van der Waals surface area contributed by atoms with E-state index in [1.165, 1.54) is 16.4 Å². The first-order valence-electron chi connectivity index (χ1n) is 5.97. The zero-order valence-corrected chi connectivity index (χ0v) is 12.4. The Morgan fingerprint density at radius 2 is 2.30 bits per heavy atom. The number of nitrogens with one attached hydrogen (secondary N) is 1. The lowest BCUT2D eigenvalue weighted by molar-refractivity contribution is -0.113. The van der Waals surface area contributed by atoms with Crippen molar-refractivity contribution in [2.45, 2.75) is 18.5 Å². The van der Waals surface area contributed by atoms with Gasteiger partial charge in [-0.3, -0.25) is 4.79 Å². The van der Waals surface area contributed by atoms with E-state index in [1.54, 1.807) is 24.3 Å². The van der Waals surface area contributed by atoms with Crippen molar-refractivity contribution in [3.63, 3.8) is 0 Å². The molecule has 1 heterocycles. The van der Waals surface area contributed by atoms with Gasteiger partial charge in [-0.05, 0) is 18.2 Å². The molecule has 20 heavy (non-hydrogen) atoms. The fraction of sp³-hybridized carbons (Fsp3) is 0.250. The van der Waals surface area contributed by atoms with Crippen LogP contribution < -0.4 is 11.2 Å². The fourth-order valence-corrected chi connectivity index (χ4v) is 2.41. The number of nitrogen functional groups attached to an aromatic ring is 1. The molecule has 0 fully saturated rings. The smallest absolute Gasteiger partial charge is 0.234 e. The summed E-state index contributed by atoms with van der Waals surface area (Å²) < 4.78 is 1.40. The molecule has 2 aromatic rings. The zero-order valence-electron chi connectivity index (χ0n) is 10.8.